The van der Waals surface area contributed by atoms with Crippen LogP contribution in [0.4, 0.5) is 0 Å². The molecule has 0 unspecified atom stereocenters. The summed E-state index contributed by atoms with van der Waals surface area (Å²) in [4.78, 5) is 11.4. The van der Waals surface area contributed by atoms with Crippen LogP contribution in [0.15, 0.2) is 30.3 Å². The van der Waals surface area contributed by atoms with E-state index in [9.17, 15) is 4.79 Å². The lowest BCUT2D eigenvalue weighted by Gasteiger charge is -2.08. The van der Waals surface area contributed by atoms with Crippen LogP contribution in [0.3, 0.4) is 0 Å². The molecule has 0 saturated heterocycles. The minimum Gasteiger partial charge on any atom is -0.494 e. The SMILES string of the molecule is CC(C)CNC(=O)CCCOc1ccccc1. The summed E-state index contributed by atoms with van der Waals surface area (Å²) in [6, 6.07) is 9.65. The number of ether oxygens (including phenoxy) is 1. The highest BCUT2D eigenvalue weighted by molar-refractivity contribution is 5.75. The first-order valence-corrected chi connectivity index (χ1v) is 6.13. The number of carbonyl (C=O) groups excluding carboxylic acids is 1. The summed E-state index contributed by atoms with van der Waals surface area (Å²) in [5.41, 5.74) is 0. The molecule has 1 amide bonds. The molecule has 3 heteroatoms. The lowest BCUT2D eigenvalue weighted by Crippen LogP contribution is -2.27. The summed E-state index contributed by atoms with van der Waals surface area (Å²) < 4.78 is 5.50. The molecule has 1 aromatic carbocycles. The van der Waals surface area contributed by atoms with Crippen molar-refractivity contribution in [2.75, 3.05) is 13.2 Å². The van der Waals surface area contributed by atoms with Crippen molar-refractivity contribution >= 4 is 5.91 Å². The molecule has 0 aliphatic rings. The third-order valence-corrected chi connectivity index (χ3v) is 2.27. The van der Waals surface area contributed by atoms with Crippen LogP contribution in [0.2, 0.25) is 0 Å². The first-order chi connectivity index (χ1) is 8.18. The van der Waals surface area contributed by atoms with E-state index in [4.69, 9.17) is 4.74 Å². The van der Waals surface area contributed by atoms with Crippen LogP contribution in [0, 0.1) is 5.92 Å². The van der Waals surface area contributed by atoms with Crippen molar-refractivity contribution in [2.45, 2.75) is 26.7 Å². The smallest absolute Gasteiger partial charge is 0.220 e. The number of carbonyl (C=O) groups is 1. The third kappa shape index (κ3) is 6.61. The Morgan fingerprint density at radius 1 is 1.29 bits per heavy atom. The molecule has 0 bridgehead atoms. The Labute approximate surface area is 103 Å². The van der Waals surface area contributed by atoms with E-state index >= 15 is 0 Å². The third-order valence-electron chi connectivity index (χ3n) is 2.27. The molecular formula is C14H21NO2. The van der Waals surface area contributed by atoms with Gasteiger partial charge < -0.3 is 10.1 Å². The van der Waals surface area contributed by atoms with E-state index in [1.807, 2.05) is 30.3 Å². The number of nitrogens with one attached hydrogen (secondary N) is 1. The molecule has 0 heterocycles. The van der Waals surface area contributed by atoms with Gasteiger partial charge in [0, 0.05) is 13.0 Å². The lowest BCUT2D eigenvalue weighted by molar-refractivity contribution is -0.121. The number of hydrogen-bond acceptors (Lipinski definition) is 2. The highest BCUT2D eigenvalue weighted by Crippen LogP contribution is 2.08. The van der Waals surface area contributed by atoms with Crippen LogP contribution in [0.25, 0.3) is 0 Å². The molecule has 0 fully saturated rings. The zero-order valence-electron chi connectivity index (χ0n) is 10.6. The molecule has 1 rings (SSSR count). The van der Waals surface area contributed by atoms with Crippen LogP contribution < -0.4 is 10.1 Å². The quantitative estimate of drug-likeness (QED) is 0.738. The molecule has 0 aliphatic carbocycles. The fraction of sp³-hybridized carbons (Fsp3) is 0.500. The summed E-state index contributed by atoms with van der Waals surface area (Å²) >= 11 is 0. The minimum atomic E-state index is 0.107. The second-order valence-corrected chi connectivity index (χ2v) is 4.46. The van der Waals surface area contributed by atoms with E-state index in [0.29, 0.717) is 18.9 Å². The Morgan fingerprint density at radius 3 is 2.65 bits per heavy atom. The highest BCUT2D eigenvalue weighted by Gasteiger charge is 2.02. The Balaban J connectivity index is 2.06. The molecule has 0 radical (unpaired) electrons. The molecule has 1 N–H and O–H groups in total. The van der Waals surface area contributed by atoms with Crippen LogP contribution in [0.5, 0.6) is 5.75 Å². The first kappa shape index (κ1) is 13.6. The molecule has 0 saturated carbocycles. The predicted molar refractivity (Wildman–Crippen MR) is 69.0 cm³/mol. The monoisotopic (exact) mass is 235 g/mol. The molecular weight excluding hydrogens is 214 g/mol. The lowest BCUT2D eigenvalue weighted by atomic mass is 10.2. The summed E-state index contributed by atoms with van der Waals surface area (Å²) in [6.45, 7) is 5.50. The van der Waals surface area contributed by atoms with Crippen molar-refractivity contribution < 1.29 is 9.53 Å². The van der Waals surface area contributed by atoms with Crippen molar-refractivity contribution in [2.24, 2.45) is 5.92 Å². The van der Waals surface area contributed by atoms with Crippen LogP contribution in [0.1, 0.15) is 26.7 Å². The Kier molecular flexibility index (Phi) is 6.15. The van der Waals surface area contributed by atoms with E-state index in [-0.39, 0.29) is 5.91 Å². The molecule has 1 aromatic rings. The van der Waals surface area contributed by atoms with Crippen molar-refractivity contribution in [3.63, 3.8) is 0 Å². The van der Waals surface area contributed by atoms with Gasteiger partial charge in [-0.15, -0.1) is 0 Å². The van der Waals surface area contributed by atoms with E-state index in [0.717, 1.165) is 18.7 Å². The van der Waals surface area contributed by atoms with Crippen LogP contribution in [-0.2, 0) is 4.79 Å². The Hall–Kier alpha value is -1.51. The number of rotatable bonds is 7. The maximum absolute atomic E-state index is 11.4. The topological polar surface area (TPSA) is 38.3 Å². The minimum absolute atomic E-state index is 0.107. The second-order valence-electron chi connectivity index (χ2n) is 4.46. The van der Waals surface area contributed by atoms with Gasteiger partial charge in [0.05, 0.1) is 6.61 Å². The average Bonchev–Trinajstić information content (AvgIpc) is 2.33. The molecule has 94 valence electrons. The van der Waals surface area contributed by atoms with Crippen molar-refractivity contribution in [3.8, 4) is 5.75 Å². The van der Waals surface area contributed by atoms with Gasteiger partial charge in [0.25, 0.3) is 0 Å². The molecule has 3 nitrogen and oxygen atoms in total. The Morgan fingerprint density at radius 2 is 2.00 bits per heavy atom. The highest BCUT2D eigenvalue weighted by atomic mass is 16.5. The van der Waals surface area contributed by atoms with Crippen LogP contribution >= 0.6 is 0 Å². The maximum atomic E-state index is 11.4. The van der Waals surface area contributed by atoms with Gasteiger partial charge in [-0.3, -0.25) is 4.79 Å². The summed E-state index contributed by atoms with van der Waals surface area (Å²) in [5.74, 6) is 1.46. The number of para-hydroxylation sites is 1. The van der Waals surface area contributed by atoms with Gasteiger partial charge in [-0.1, -0.05) is 32.0 Å². The van der Waals surface area contributed by atoms with Gasteiger partial charge in [-0.25, -0.2) is 0 Å². The largest absolute Gasteiger partial charge is 0.494 e. The van der Waals surface area contributed by atoms with Gasteiger partial charge in [-0.05, 0) is 24.5 Å². The molecule has 17 heavy (non-hydrogen) atoms. The second kappa shape index (κ2) is 7.71. The fourth-order valence-electron chi connectivity index (χ4n) is 1.35. The van der Waals surface area contributed by atoms with Gasteiger partial charge in [0.1, 0.15) is 5.75 Å². The molecule has 0 aromatic heterocycles. The predicted octanol–water partition coefficient (Wildman–Crippen LogP) is 2.62. The van der Waals surface area contributed by atoms with Gasteiger partial charge in [0.2, 0.25) is 5.91 Å². The fourth-order valence-corrected chi connectivity index (χ4v) is 1.35. The van der Waals surface area contributed by atoms with Gasteiger partial charge >= 0.3 is 0 Å². The van der Waals surface area contributed by atoms with Crippen molar-refractivity contribution in [1.29, 1.82) is 0 Å². The number of benzene rings is 1. The summed E-state index contributed by atoms with van der Waals surface area (Å²) in [7, 11) is 0. The summed E-state index contributed by atoms with van der Waals surface area (Å²) in [6.07, 6.45) is 1.28. The van der Waals surface area contributed by atoms with Crippen molar-refractivity contribution in [1.82, 2.24) is 5.32 Å². The van der Waals surface area contributed by atoms with Gasteiger partial charge in [-0.2, -0.15) is 0 Å². The number of amides is 1. The summed E-state index contributed by atoms with van der Waals surface area (Å²) in [5, 5.41) is 2.89. The zero-order valence-corrected chi connectivity index (χ0v) is 10.6. The molecule has 0 spiro atoms. The average molecular weight is 235 g/mol. The zero-order chi connectivity index (χ0) is 12.5. The molecule has 0 atom stereocenters. The standard InChI is InChI=1S/C14H21NO2/c1-12(2)11-15-14(16)9-6-10-17-13-7-4-3-5-8-13/h3-5,7-8,12H,6,9-11H2,1-2H3,(H,15,16). The van der Waals surface area contributed by atoms with Gasteiger partial charge in [0.15, 0.2) is 0 Å². The Bertz CT molecular complexity index is 322. The van der Waals surface area contributed by atoms with Crippen LogP contribution in [-0.4, -0.2) is 19.1 Å². The van der Waals surface area contributed by atoms with E-state index in [2.05, 4.69) is 19.2 Å². The van der Waals surface area contributed by atoms with Crippen molar-refractivity contribution in [3.05, 3.63) is 30.3 Å². The first-order valence-electron chi connectivity index (χ1n) is 6.13. The van der Waals surface area contributed by atoms with E-state index in [1.165, 1.54) is 0 Å². The van der Waals surface area contributed by atoms with E-state index < -0.39 is 0 Å². The molecule has 0 aliphatic heterocycles. The normalized spacial score (nSPS) is 10.3. The maximum Gasteiger partial charge on any atom is 0.220 e. The van der Waals surface area contributed by atoms with E-state index in [1.54, 1.807) is 0 Å². The number of hydrogen-bond donors (Lipinski definition) is 1.